The summed E-state index contributed by atoms with van der Waals surface area (Å²) in [4.78, 5) is 28.1. The molecule has 0 bridgehead atoms. The van der Waals surface area contributed by atoms with Crippen molar-refractivity contribution in [1.29, 1.82) is 0 Å². The Hall–Kier alpha value is -1.95. The number of hydrogen-bond donors (Lipinski definition) is 1. The third-order valence-corrected chi connectivity index (χ3v) is 3.98. The number of likely N-dealkylation sites (N-methyl/N-ethyl adjacent to an activating group) is 1. The zero-order chi connectivity index (χ0) is 14.3. The van der Waals surface area contributed by atoms with Gasteiger partial charge in [-0.2, -0.15) is 0 Å². The lowest BCUT2D eigenvalue weighted by molar-refractivity contribution is 0.233. The normalized spacial score (nSPS) is 20.6. The highest BCUT2D eigenvalue weighted by Crippen LogP contribution is 2.18. The summed E-state index contributed by atoms with van der Waals surface area (Å²) in [6.45, 7) is 6.83. The van der Waals surface area contributed by atoms with Crippen LogP contribution in [-0.4, -0.2) is 52.6 Å². The van der Waals surface area contributed by atoms with Gasteiger partial charge < -0.3 is 14.8 Å². The fourth-order valence-electron chi connectivity index (χ4n) is 2.58. The first-order valence-corrected chi connectivity index (χ1v) is 6.86. The van der Waals surface area contributed by atoms with E-state index in [-0.39, 0.29) is 5.56 Å². The SMILES string of the molecule is Cc1nc2cnc(N3CCN(C)[C@H](C)C3)cc2c(=O)[nH]1. The molecular weight excluding hydrogens is 254 g/mol. The molecule has 1 N–H and O–H groups in total. The second kappa shape index (κ2) is 4.86. The van der Waals surface area contributed by atoms with Crippen LogP contribution in [0.15, 0.2) is 17.1 Å². The molecule has 0 amide bonds. The number of anilines is 1. The number of aromatic nitrogens is 3. The molecule has 0 unspecified atom stereocenters. The third kappa shape index (κ3) is 2.27. The Labute approximate surface area is 117 Å². The van der Waals surface area contributed by atoms with Crippen LogP contribution in [0.4, 0.5) is 5.82 Å². The molecule has 1 saturated heterocycles. The van der Waals surface area contributed by atoms with E-state index in [4.69, 9.17) is 0 Å². The van der Waals surface area contributed by atoms with E-state index < -0.39 is 0 Å². The molecule has 106 valence electrons. The third-order valence-electron chi connectivity index (χ3n) is 3.98. The van der Waals surface area contributed by atoms with Gasteiger partial charge in [0.15, 0.2) is 0 Å². The molecule has 0 spiro atoms. The topological polar surface area (TPSA) is 65.1 Å². The molecule has 2 aromatic heterocycles. The molecular formula is C14H19N5O. The van der Waals surface area contributed by atoms with Crippen molar-refractivity contribution in [3.05, 3.63) is 28.4 Å². The number of nitrogens with zero attached hydrogens (tertiary/aromatic N) is 4. The van der Waals surface area contributed by atoms with E-state index in [2.05, 4.69) is 38.7 Å². The predicted molar refractivity (Wildman–Crippen MR) is 79.2 cm³/mol. The summed E-state index contributed by atoms with van der Waals surface area (Å²) < 4.78 is 0. The Kier molecular flexibility index (Phi) is 3.17. The molecule has 0 aliphatic carbocycles. The average molecular weight is 273 g/mol. The van der Waals surface area contributed by atoms with Crippen LogP contribution in [0.3, 0.4) is 0 Å². The Balaban J connectivity index is 1.99. The first-order chi connectivity index (χ1) is 9.54. The lowest BCUT2D eigenvalue weighted by atomic mass is 10.2. The van der Waals surface area contributed by atoms with E-state index in [1.54, 1.807) is 13.1 Å². The minimum absolute atomic E-state index is 0.0988. The molecule has 1 aliphatic rings. The molecule has 6 nitrogen and oxygen atoms in total. The summed E-state index contributed by atoms with van der Waals surface area (Å²) >= 11 is 0. The highest BCUT2D eigenvalue weighted by Gasteiger charge is 2.21. The highest BCUT2D eigenvalue weighted by atomic mass is 16.1. The average Bonchev–Trinajstić information content (AvgIpc) is 2.41. The van der Waals surface area contributed by atoms with Crippen molar-refractivity contribution in [2.24, 2.45) is 0 Å². The summed E-state index contributed by atoms with van der Waals surface area (Å²) in [5.74, 6) is 1.47. The minimum atomic E-state index is -0.0988. The maximum atomic E-state index is 12.0. The number of piperazine rings is 1. The van der Waals surface area contributed by atoms with Gasteiger partial charge in [0.2, 0.25) is 0 Å². The second-order valence-corrected chi connectivity index (χ2v) is 5.49. The van der Waals surface area contributed by atoms with Gasteiger partial charge in [-0.3, -0.25) is 4.79 Å². The lowest BCUT2D eigenvalue weighted by Gasteiger charge is -2.38. The number of hydrogen-bond acceptors (Lipinski definition) is 5. The molecule has 2 aromatic rings. The largest absolute Gasteiger partial charge is 0.354 e. The van der Waals surface area contributed by atoms with Gasteiger partial charge in [0.25, 0.3) is 5.56 Å². The number of rotatable bonds is 1. The first kappa shape index (κ1) is 13.1. The van der Waals surface area contributed by atoms with Crippen LogP contribution >= 0.6 is 0 Å². The zero-order valence-corrected chi connectivity index (χ0v) is 12.1. The molecule has 0 saturated carbocycles. The van der Waals surface area contributed by atoms with Crippen LogP contribution in [0, 0.1) is 6.92 Å². The molecule has 0 aromatic carbocycles. The summed E-state index contributed by atoms with van der Waals surface area (Å²) in [6, 6.07) is 2.33. The van der Waals surface area contributed by atoms with Crippen LogP contribution in [-0.2, 0) is 0 Å². The monoisotopic (exact) mass is 273 g/mol. The van der Waals surface area contributed by atoms with Gasteiger partial charge in [0, 0.05) is 25.7 Å². The molecule has 1 aliphatic heterocycles. The van der Waals surface area contributed by atoms with Crippen molar-refractivity contribution in [3.8, 4) is 0 Å². The van der Waals surface area contributed by atoms with Gasteiger partial charge in [0.05, 0.1) is 17.1 Å². The molecule has 1 fully saturated rings. The van der Waals surface area contributed by atoms with Crippen molar-refractivity contribution in [3.63, 3.8) is 0 Å². The van der Waals surface area contributed by atoms with Crippen molar-refractivity contribution < 1.29 is 0 Å². The van der Waals surface area contributed by atoms with Gasteiger partial charge in [0.1, 0.15) is 11.6 Å². The maximum Gasteiger partial charge on any atom is 0.258 e. The van der Waals surface area contributed by atoms with Gasteiger partial charge >= 0.3 is 0 Å². The molecule has 3 rings (SSSR count). The van der Waals surface area contributed by atoms with Crippen molar-refractivity contribution >= 4 is 16.7 Å². The number of H-pyrrole nitrogens is 1. The Morgan fingerprint density at radius 1 is 1.40 bits per heavy atom. The van der Waals surface area contributed by atoms with Gasteiger partial charge in [-0.1, -0.05) is 0 Å². The smallest absolute Gasteiger partial charge is 0.258 e. The highest BCUT2D eigenvalue weighted by molar-refractivity contribution is 5.79. The molecule has 6 heteroatoms. The summed E-state index contributed by atoms with van der Waals surface area (Å²) in [5.41, 5.74) is 0.551. The van der Waals surface area contributed by atoms with E-state index in [0.717, 1.165) is 25.5 Å². The van der Waals surface area contributed by atoms with E-state index in [1.807, 2.05) is 6.07 Å². The quantitative estimate of drug-likeness (QED) is 0.831. The number of aromatic amines is 1. The summed E-state index contributed by atoms with van der Waals surface area (Å²) in [5, 5.41) is 0.604. The maximum absolute atomic E-state index is 12.0. The number of fused-ring (bicyclic) bond motifs is 1. The van der Waals surface area contributed by atoms with Gasteiger partial charge in [-0.25, -0.2) is 9.97 Å². The second-order valence-electron chi connectivity index (χ2n) is 5.49. The fourth-order valence-corrected chi connectivity index (χ4v) is 2.58. The van der Waals surface area contributed by atoms with Crippen LogP contribution in [0.25, 0.3) is 10.9 Å². The van der Waals surface area contributed by atoms with E-state index in [0.29, 0.717) is 22.8 Å². The Morgan fingerprint density at radius 2 is 2.20 bits per heavy atom. The minimum Gasteiger partial charge on any atom is -0.354 e. The lowest BCUT2D eigenvalue weighted by Crippen LogP contribution is -2.50. The van der Waals surface area contributed by atoms with Gasteiger partial charge in [-0.05, 0) is 27.0 Å². The molecule has 20 heavy (non-hydrogen) atoms. The van der Waals surface area contributed by atoms with E-state index >= 15 is 0 Å². The number of nitrogens with one attached hydrogen (secondary N) is 1. The van der Waals surface area contributed by atoms with Crippen molar-refractivity contribution in [1.82, 2.24) is 19.9 Å². The van der Waals surface area contributed by atoms with Crippen LogP contribution in [0.5, 0.6) is 0 Å². The molecule has 1 atom stereocenters. The number of aryl methyl sites for hydroxylation is 1. The van der Waals surface area contributed by atoms with Crippen LogP contribution < -0.4 is 10.5 Å². The summed E-state index contributed by atoms with van der Waals surface area (Å²) in [7, 11) is 2.13. The molecule has 3 heterocycles. The number of pyridine rings is 1. The summed E-state index contributed by atoms with van der Waals surface area (Å²) in [6.07, 6.45) is 1.69. The van der Waals surface area contributed by atoms with E-state index in [9.17, 15) is 4.79 Å². The predicted octanol–water partition coefficient (Wildman–Crippen LogP) is 0.767. The Bertz CT molecular complexity index is 696. The van der Waals surface area contributed by atoms with Crippen molar-refractivity contribution in [2.45, 2.75) is 19.9 Å². The van der Waals surface area contributed by atoms with E-state index in [1.165, 1.54) is 0 Å². The van der Waals surface area contributed by atoms with Crippen molar-refractivity contribution in [2.75, 3.05) is 31.6 Å². The Morgan fingerprint density at radius 3 is 2.95 bits per heavy atom. The fraction of sp³-hybridized carbons (Fsp3) is 0.500. The van der Waals surface area contributed by atoms with Gasteiger partial charge in [-0.15, -0.1) is 0 Å². The molecule has 0 radical (unpaired) electrons. The zero-order valence-electron chi connectivity index (χ0n) is 12.1. The van der Waals surface area contributed by atoms with Crippen LogP contribution in [0.1, 0.15) is 12.7 Å². The first-order valence-electron chi connectivity index (χ1n) is 6.86. The standard InChI is InChI=1S/C14H19N5O/c1-9-8-19(5-4-18(9)3)13-6-11-12(7-15-13)16-10(2)17-14(11)20/h6-7,9H,4-5,8H2,1-3H3,(H,16,17,20)/t9-/m1/s1. The van der Waals surface area contributed by atoms with Crippen LogP contribution in [0.2, 0.25) is 0 Å².